The first-order valence-electron chi connectivity index (χ1n) is 6.86. The third kappa shape index (κ3) is 3.03. The molecule has 0 bridgehead atoms. The minimum Gasteiger partial charge on any atom is -0.497 e. The van der Waals surface area contributed by atoms with Crippen molar-refractivity contribution in [2.45, 2.75) is 6.54 Å². The van der Waals surface area contributed by atoms with Gasteiger partial charge in [-0.25, -0.2) is 9.97 Å². The Morgan fingerprint density at radius 3 is 2.59 bits per heavy atom. The van der Waals surface area contributed by atoms with Gasteiger partial charge in [-0.15, -0.1) is 0 Å². The minimum atomic E-state index is -0.185. The summed E-state index contributed by atoms with van der Waals surface area (Å²) >= 11 is 0. The molecule has 1 aromatic heterocycles. The summed E-state index contributed by atoms with van der Waals surface area (Å²) in [5.74, 6) is 0.646. The molecule has 1 N–H and O–H groups in total. The maximum atomic E-state index is 12.0. The van der Waals surface area contributed by atoms with E-state index in [1.165, 1.54) is 18.7 Å². The molecule has 3 aromatic rings. The molecule has 1 amide bonds. The Labute approximate surface area is 128 Å². The van der Waals surface area contributed by atoms with Gasteiger partial charge in [0.25, 0.3) is 5.91 Å². The van der Waals surface area contributed by atoms with Crippen molar-refractivity contribution in [2.75, 3.05) is 7.11 Å². The Kier molecular flexibility index (Phi) is 3.96. The Bertz CT molecular complexity index is 803. The number of rotatable bonds is 4. The average molecular weight is 293 g/mol. The third-order valence-corrected chi connectivity index (χ3v) is 3.39. The highest BCUT2D eigenvalue weighted by molar-refractivity contribution is 5.93. The molecule has 5 heteroatoms. The number of fused-ring (bicyclic) bond motifs is 1. The Balaban J connectivity index is 1.73. The van der Waals surface area contributed by atoms with Crippen LogP contribution in [-0.4, -0.2) is 23.0 Å². The molecule has 2 aromatic carbocycles. The van der Waals surface area contributed by atoms with E-state index in [-0.39, 0.29) is 5.91 Å². The second-order valence-electron chi connectivity index (χ2n) is 4.86. The quantitative estimate of drug-likeness (QED) is 0.803. The van der Waals surface area contributed by atoms with Crippen LogP contribution in [0.15, 0.2) is 55.1 Å². The van der Waals surface area contributed by atoms with Gasteiger partial charge < -0.3 is 10.1 Å². The molecular formula is C17H15N3O2. The third-order valence-electron chi connectivity index (χ3n) is 3.39. The first-order chi connectivity index (χ1) is 10.8. The average Bonchev–Trinajstić information content (AvgIpc) is 2.59. The van der Waals surface area contributed by atoms with Crippen LogP contribution in [0.5, 0.6) is 5.75 Å². The van der Waals surface area contributed by atoms with Crippen LogP contribution in [0.25, 0.3) is 10.8 Å². The van der Waals surface area contributed by atoms with Gasteiger partial charge in [-0.2, -0.15) is 0 Å². The van der Waals surface area contributed by atoms with E-state index in [0.717, 1.165) is 22.1 Å². The number of carbonyl (C=O) groups excluding carboxylic acids is 1. The highest BCUT2D eigenvalue weighted by Crippen LogP contribution is 2.21. The van der Waals surface area contributed by atoms with Crippen molar-refractivity contribution in [1.82, 2.24) is 15.3 Å². The van der Waals surface area contributed by atoms with E-state index in [2.05, 4.69) is 21.4 Å². The summed E-state index contributed by atoms with van der Waals surface area (Å²) in [4.78, 5) is 19.6. The number of carbonyl (C=O) groups is 1. The molecule has 0 aliphatic heterocycles. The standard InChI is InChI=1S/C17H15N3O2/c1-22-16-5-4-13-6-12(2-3-14(13)7-16)8-20-17(21)15-9-18-11-19-10-15/h2-7,9-11H,8H2,1H3,(H,20,21). The van der Waals surface area contributed by atoms with E-state index in [1.54, 1.807) is 7.11 Å². The van der Waals surface area contributed by atoms with Crippen LogP contribution < -0.4 is 10.1 Å². The van der Waals surface area contributed by atoms with Gasteiger partial charge in [0, 0.05) is 18.9 Å². The second-order valence-corrected chi connectivity index (χ2v) is 4.86. The maximum Gasteiger partial charge on any atom is 0.254 e. The zero-order valence-corrected chi connectivity index (χ0v) is 12.1. The monoisotopic (exact) mass is 293 g/mol. The number of nitrogens with one attached hydrogen (secondary N) is 1. The van der Waals surface area contributed by atoms with E-state index < -0.39 is 0 Å². The van der Waals surface area contributed by atoms with Crippen LogP contribution in [0, 0.1) is 0 Å². The Hall–Kier alpha value is -2.95. The number of hydrogen-bond donors (Lipinski definition) is 1. The van der Waals surface area contributed by atoms with E-state index >= 15 is 0 Å². The summed E-state index contributed by atoms with van der Waals surface area (Å²) in [6, 6.07) is 12.0. The first kappa shape index (κ1) is 14.0. The number of aromatic nitrogens is 2. The number of amides is 1. The molecular weight excluding hydrogens is 278 g/mol. The van der Waals surface area contributed by atoms with Crippen molar-refractivity contribution >= 4 is 16.7 Å². The van der Waals surface area contributed by atoms with Crippen molar-refractivity contribution in [1.29, 1.82) is 0 Å². The van der Waals surface area contributed by atoms with Crippen LogP contribution in [0.3, 0.4) is 0 Å². The molecule has 5 nitrogen and oxygen atoms in total. The van der Waals surface area contributed by atoms with Gasteiger partial charge in [0.05, 0.1) is 12.7 Å². The van der Waals surface area contributed by atoms with Crippen molar-refractivity contribution in [3.05, 3.63) is 66.2 Å². The van der Waals surface area contributed by atoms with Gasteiger partial charge in [-0.05, 0) is 34.5 Å². The minimum absolute atomic E-state index is 0.185. The molecule has 0 unspecified atom stereocenters. The Morgan fingerprint density at radius 2 is 1.82 bits per heavy atom. The summed E-state index contributed by atoms with van der Waals surface area (Å²) < 4.78 is 5.21. The summed E-state index contributed by atoms with van der Waals surface area (Å²) in [6.07, 6.45) is 4.39. The molecule has 0 aliphatic carbocycles. The summed E-state index contributed by atoms with van der Waals surface area (Å²) in [6.45, 7) is 0.454. The van der Waals surface area contributed by atoms with E-state index in [9.17, 15) is 4.79 Å². The lowest BCUT2D eigenvalue weighted by atomic mass is 10.1. The molecule has 0 spiro atoms. The zero-order valence-electron chi connectivity index (χ0n) is 12.1. The first-order valence-corrected chi connectivity index (χ1v) is 6.86. The van der Waals surface area contributed by atoms with Crippen LogP contribution in [0.4, 0.5) is 0 Å². The van der Waals surface area contributed by atoms with E-state index in [1.807, 2.05) is 30.3 Å². The highest BCUT2D eigenvalue weighted by Gasteiger charge is 2.05. The fourth-order valence-corrected chi connectivity index (χ4v) is 2.21. The smallest absolute Gasteiger partial charge is 0.254 e. The second kappa shape index (κ2) is 6.22. The van der Waals surface area contributed by atoms with Crippen LogP contribution in [-0.2, 0) is 6.54 Å². The lowest BCUT2D eigenvalue weighted by Gasteiger charge is -2.07. The fourth-order valence-electron chi connectivity index (χ4n) is 2.21. The zero-order chi connectivity index (χ0) is 15.4. The van der Waals surface area contributed by atoms with Crippen LogP contribution in [0.2, 0.25) is 0 Å². The summed E-state index contributed by atoms with van der Waals surface area (Å²) in [5, 5.41) is 5.07. The normalized spacial score (nSPS) is 10.4. The molecule has 110 valence electrons. The molecule has 0 fully saturated rings. The lowest BCUT2D eigenvalue weighted by Crippen LogP contribution is -2.23. The summed E-state index contributed by atoms with van der Waals surface area (Å²) in [5.41, 5.74) is 1.48. The number of ether oxygens (including phenoxy) is 1. The molecule has 0 aliphatic rings. The predicted octanol–water partition coefficient (Wildman–Crippen LogP) is 2.57. The SMILES string of the molecule is COc1ccc2cc(CNC(=O)c3cncnc3)ccc2c1. The van der Waals surface area contributed by atoms with Crippen molar-refractivity contribution < 1.29 is 9.53 Å². The lowest BCUT2D eigenvalue weighted by molar-refractivity contribution is 0.0950. The van der Waals surface area contributed by atoms with Gasteiger partial charge in [0.15, 0.2) is 0 Å². The number of nitrogens with zero attached hydrogens (tertiary/aromatic N) is 2. The van der Waals surface area contributed by atoms with Crippen LogP contribution in [0.1, 0.15) is 15.9 Å². The van der Waals surface area contributed by atoms with Crippen molar-refractivity contribution in [3.8, 4) is 5.75 Å². The maximum absolute atomic E-state index is 12.0. The Morgan fingerprint density at radius 1 is 1.09 bits per heavy atom. The van der Waals surface area contributed by atoms with Crippen molar-refractivity contribution in [3.63, 3.8) is 0 Å². The molecule has 0 atom stereocenters. The van der Waals surface area contributed by atoms with Gasteiger partial charge in [0.2, 0.25) is 0 Å². The molecule has 1 heterocycles. The van der Waals surface area contributed by atoms with Crippen LogP contribution >= 0.6 is 0 Å². The van der Waals surface area contributed by atoms with E-state index in [4.69, 9.17) is 4.74 Å². The van der Waals surface area contributed by atoms with Gasteiger partial charge in [0.1, 0.15) is 12.1 Å². The molecule has 0 saturated heterocycles. The molecule has 22 heavy (non-hydrogen) atoms. The number of benzene rings is 2. The van der Waals surface area contributed by atoms with Gasteiger partial charge >= 0.3 is 0 Å². The molecule has 0 radical (unpaired) electrons. The number of methoxy groups -OCH3 is 1. The molecule has 3 rings (SSSR count). The predicted molar refractivity (Wildman–Crippen MR) is 83.7 cm³/mol. The highest BCUT2D eigenvalue weighted by atomic mass is 16.5. The fraction of sp³-hybridized carbons (Fsp3) is 0.118. The summed E-state index contributed by atoms with van der Waals surface area (Å²) in [7, 11) is 1.65. The number of hydrogen-bond acceptors (Lipinski definition) is 4. The van der Waals surface area contributed by atoms with E-state index in [0.29, 0.717) is 12.1 Å². The van der Waals surface area contributed by atoms with Gasteiger partial charge in [-0.1, -0.05) is 18.2 Å². The largest absolute Gasteiger partial charge is 0.497 e. The molecule has 0 saturated carbocycles. The van der Waals surface area contributed by atoms with Crippen molar-refractivity contribution in [2.24, 2.45) is 0 Å². The van der Waals surface area contributed by atoms with Gasteiger partial charge in [-0.3, -0.25) is 4.79 Å². The topological polar surface area (TPSA) is 64.1 Å².